The molecule has 0 aromatic heterocycles. The molecule has 2 aliphatic heterocycles. The zero-order valence-corrected chi connectivity index (χ0v) is 7.42. The molecular weight excluding hydrogens is 154 g/mol. The first kappa shape index (κ1) is 7.86. The van der Waals surface area contributed by atoms with Gasteiger partial charge in [0.2, 0.25) is 0 Å². The molecule has 0 unspecified atom stereocenters. The Bertz CT molecular complexity index is 187. The first-order valence-electron chi connectivity index (χ1n) is 4.52. The average Bonchev–Trinajstić information content (AvgIpc) is 2.54. The van der Waals surface area contributed by atoms with Crippen LogP contribution in [0.15, 0.2) is 4.99 Å². The second-order valence-electron chi connectivity index (χ2n) is 3.31. The standard InChI is InChI=1S/C8H15N3O/c1-7-6-12-8(10-7)11-4-2-9-3-5-11/h7,9H,2-6H2,1H3/t7-/m0/s1. The van der Waals surface area contributed by atoms with Gasteiger partial charge < -0.3 is 15.0 Å². The zero-order chi connectivity index (χ0) is 8.39. The van der Waals surface area contributed by atoms with Gasteiger partial charge in [0.15, 0.2) is 0 Å². The van der Waals surface area contributed by atoms with Crippen molar-refractivity contribution in [3.05, 3.63) is 0 Å². The molecule has 2 heterocycles. The molecule has 0 aromatic carbocycles. The highest BCUT2D eigenvalue weighted by atomic mass is 16.5. The third-order valence-corrected chi connectivity index (χ3v) is 2.17. The van der Waals surface area contributed by atoms with Crippen LogP contribution in [0, 0.1) is 0 Å². The number of hydrogen-bond donors (Lipinski definition) is 1. The van der Waals surface area contributed by atoms with Crippen LogP contribution in [0.3, 0.4) is 0 Å². The van der Waals surface area contributed by atoms with E-state index in [2.05, 4.69) is 22.1 Å². The van der Waals surface area contributed by atoms with Gasteiger partial charge in [-0.25, -0.2) is 4.99 Å². The molecule has 0 radical (unpaired) electrons. The van der Waals surface area contributed by atoms with Crippen LogP contribution in [0.1, 0.15) is 6.92 Å². The highest BCUT2D eigenvalue weighted by Crippen LogP contribution is 2.07. The molecule has 12 heavy (non-hydrogen) atoms. The molecule has 1 saturated heterocycles. The van der Waals surface area contributed by atoms with Crippen LogP contribution in [0.4, 0.5) is 0 Å². The molecule has 0 aliphatic carbocycles. The van der Waals surface area contributed by atoms with E-state index in [9.17, 15) is 0 Å². The van der Waals surface area contributed by atoms with E-state index in [0.717, 1.165) is 38.8 Å². The summed E-state index contributed by atoms with van der Waals surface area (Å²) in [7, 11) is 0. The summed E-state index contributed by atoms with van der Waals surface area (Å²) in [5.41, 5.74) is 0. The quantitative estimate of drug-likeness (QED) is 0.539. The molecule has 0 amide bonds. The minimum atomic E-state index is 0.342. The Morgan fingerprint density at radius 1 is 1.50 bits per heavy atom. The lowest BCUT2D eigenvalue weighted by atomic mass is 10.4. The second-order valence-corrected chi connectivity index (χ2v) is 3.31. The Balaban J connectivity index is 1.94. The van der Waals surface area contributed by atoms with E-state index in [0.29, 0.717) is 6.04 Å². The molecule has 0 aromatic rings. The lowest BCUT2D eigenvalue weighted by molar-refractivity contribution is 0.239. The van der Waals surface area contributed by atoms with Crippen molar-refractivity contribution < 1.29 is 4.74 Å². The molecule has 0 bridgehead atoms. The fourth-order valence-electron chi connectivity index (χ4n) is 1.49. The summed E-state index contributed by atoms with van der Waals surface area (Å²) in [6.07, 6.45) is 0. The van der Waals surface area contributed by atoms with Crippen molar-refractivity contribution in [1.82, 2.24) is 10.2 Å². The topological polar surface area (TPSA) is 36.9 Å². The Morgan fingerprint density at radius 3 is 2.83 bits per heavy atom. The van der Waals surface area contributed by atoms with Crippen molar-refractivity contribution in [2.45, 2.75) is 13.0 Å². The van der Waals surface area contributed by atoms with E-state index in [1.165, 1.54) is 0 Å². The monoisotopic (exact) mass is 169 g/mol. The maximum atomic E-state index is 5.45. The smallest absolute Gasteiger partial charge is 0.287 e. The first-order valence-corrected chi connectivity index (χ1v) is 4.52. The van der Waals surface area contributed by atoms with Gasteiger partial charge in [0, 0.05) is 26.2 Å². The third-order valence-electron chi connectivity index (χ3n) is 2.17. The van der Waals surface area contributed by atoms with Crippen LogP contribution in [0.5, 0.6) is 0 Å². The normalized spacial score (nSPS) is 29.9. The molecule has 1 atom stereocenters. The molecule has 0 spiro atoms. The summed E-state index contributed by atoms with van der Waals surface area (Å²) in [5.74, 6) is 0. The summed E-state index contributed by atoms with van der Waals surface area (Å²) in [4.78, 5) is 6.61. The van der Waals surface area contributed by atoms with Gasteiger partial charge in [-0.15, -0.1) is 0 Å². The van der Waals surface area contributed by atoms with E-state index in [-0.39, 0.29) is 0 Å². The van der Waals surface area contributed by atoms with Crippen molar-refractivity contribution in [2.24, 2.45) is 4.99 Å². The third kappa shape index (κ3) is 1.53. The summed E-state index contributed by atoms with van der Waals surface area (Å²) in [5, 5.41) is 3.30. The number of nitrogens with zero attached hydrogens (tertiary/aromatic N) is 2. The molecule has 2 rings (SSSR count). The number of nitrogens with one attached hydrogen (secondary N) is 1. The van der Waals surface area contributed by atoms with Crippen LogP contribution < -0.4 is 5.32 Å². The Morgan fingerprint density at radius 2 is 2.25 bits per heavy atom. The average molecular weight is 169 g/mol. The van der Waals surface area contributed by atoms with Crippen molar-refractivity contribution in [3.8, 4) is 0 Å². The maximum absolute atomic E-state index is 5.45. The van der Waals surface area contributed by atoms with Gasteiger partial charge in [-0.2, -0.15) is 0 Å². The van der Waals surface area contributed by atoms with Crippen molar-refractivity contribution in [3.63, 3.8) is 0 Å². The van der Waals surface area contributed by atoms with E-state index < -0.39 is 0 Å². The van der Waals surface area contributed by atoms with E-state index in [4.69, 9.17) is 4.74 Å². The minimum absolute atomic E-state index is 0.342. The molecular formula is C8H15N3O. The SMILES string of the molecule is C[C@H]1COC(N2CCNCC2)=N1. The summed E-state index contributed by atoms with van der Waals surface area (Å²) < 4.78 is 5.45. The second kappa shape index (κ2) is 3.31. The molecule has 0 saturated carbocycles. The van der Waals surface area contributed by atoms with Gasteiger partial charge in [0.25, 0.3) is 6.02 Å². The van der Waals surface area contributed by atoms with Gasteiger partial charge in [-0.3, -0.25) is 0 Å². The van der Waals surface area contributed by atoms with E-state index in [1.54, 1.807) is 0 Å². The fraction of sp³-hybridized carbons (Fsp3) is 0.875. The zero-order valence-electron chi connectivity index (χ0n) is 7.42. The van der Waals surface area contributed by atoms with Crippen LogP contribution in [-0.2, 0) is 4.74 Å². The van der Waals surface area contributed by atoms with Crippen LogP contribution >= 0.6 is 0 Å². The largest absolute Gasteiger partial charge is 0.463 e. The van der Waals surface area contributed by atoms with Gasteiger partial charge in [0.1, 0.15) is 6.61 Å². The number of piperazine rings is 1. The minimum Gasteiger partial charge on any atom is -0.463 e. The Kier molecular flexibility index (Phi) is 2.17. The maximum Gasteiger partial charge on any atom is 0.287 e. The Hall–Kier alpha value is -0.770. The van der Waals surface area contributed by atoms with Gasteiger partial charge >= 0.3 is 0 Å². The molecule has 1 fully saturated rings. The fourth-order valence-corrected chi connectivity index (χ4v) is 1.49. The molecule has 1 N–H and O–H groups in total. The first-order chi connectivity index (χ1) is 5.86. The van der Waals surface area contributed by atoms with Gasteiger partial charge in [-0.1, -0.05) is 0 Å². The van der Waals surface area contributed by atoms with Crippen LogP contribution in [-0.4, -0.2) is 49.7 Å². The lowest BCUT2D eigenvalue weighted by Crippen LogP contribution is -2.46. The predicted molar refractivity (Wildman–Crippen MR) is 47.3 cm³/mol. The predicted octanol–water partition coefficient (Wildman–Crippen LogP) is -0.334. The van der Waals surface area contributed by atoms with Crippen LogP contribution in [0.25, 0.3) is 0 Å². The van der Waals surface area contributed by atoms with Crippen LogP contribution in [0.2, 0.25) is 0 Å². The molecule has 4 nitrogen and oxygen atoms in total. The van der Waals surface area contributed by atoms with Crippen molar-refractivity contribution >= 4 is 6.02 Å². The molecule has 68 valence electrons. The number of amidine groups is 1. The number of aliphatic imine (C=N–C) groups is 1. The lowest BCUT2D eigenvalue weighted by Gasteiger charge is -2.27. The van der Waals surface area contributed by atoms with Crippen molar-refractivity contribution in [2.75, 3.05) is 32.8 Å². The summed E-state index contributed by atoms with van der Waals surface area (Å²) in [6.45, 7) is 6.94. The highest BCUT2D eigenvalue weighted by Gasteiger charge is 2.21. The van der Waals surface area contributed by atoms with E-state index in [1.807, 2.05) is 0 Å². The highest BCUT2D eigenvalue weighted by molar-refractivity contribution is 5.75. The number of ether oxygens (including phenoxy) is 1. The number of rotatable bonds is 0. The Labute approximate surface area is 72.6 Å². The van der Waals surface area contributed by atoms with Gasteiger partial charge in [-0.05, 0) is 6.92 Å². The van der Waals surface area contributed by atoms with Gasteiger partial charge in [0.05, 0.1) is 6.04 Å². The molecule has 4 heteroatoms. The molecule has 2 aliphatic rings. The summed E-state index contributed by atoms with van der Waals surface area (Å²) in [6, 6.07) is 1.19. The summed E-state index contributed by atoms with van der Waals surface area (Å²) >= 11 is 0. The number of hydrogen-bond acceptors (Lipinski definition) is 4. The van der Waals surface area contributed by atoms with Crippen molar-refractivity contribution in [1.29, 1.82) is 0 Å². The van der Waals surface area contributed by atoms with E-state index >= 15 is 0 Å².